The normalized spacial score (nSPS) is 10.8. The molecule has 8 nitrogen and oxygen atoms in total. The van der Waals surface area contributed by atoms with E-state index in [2.05, 4.69) is 36.2 Å². The van der Waals surface area contributed by atoms with Gasteiger partial charge in [0.1, 0.15) is 12.0 Å². The highest BCUT2D eigenvalue weighted by atomic mass is 79.9. The number of H-pyrrole nitrogens is 1. The minimum atomic E-state index is -0.784. The molecule has 0 aliphatic rings. The summed E-state index contributed by atoms with van der Waals surface area (Å²) in [7, 11) is 0. The molecule has 0 atom stereocenters. The van der Waals surface area contributed by atoms with Crippen LogP contribution >= 0.6 is 15.9 Å². The molecule has 2 aromatic heterocycles. The third-order valence-electron chi connectivity index (χ3n) is 4.01. The smallest absolute Gasteiger partial charge is 0.277 e. The molecule has 9 heteroatoms. The maximum Gasteiger partial charge on any atom is 0.277 e. The monoisotopic (exact) mass is 416 g/mol. The minimum Gasteiger partial charge on any atom is -0.364 e. The number of nitrogens with zero attached hydrogens (tertiary/aromatic N) is 3. The van der Waals surface area contributed by atoms with E-state index in [-0.39, 0.29) is 11.4 Å². The standard InChI is InChI=1S/C17H17BrN6O2/c1-8-4-5-11(18)6-12(8)24-7-20-13(15(19)25)14(24)16(26)23-17-21-9(2)10(3)22-17/h4-7H,1-3H3,(H2,19,25)(H2,21,22,23,26). The van der Waals surface area contributed by atoms with Crippen molar-refractivity contribution in [2.45, 2.75) is 20.8 Å². The Labute approximate surface area is 158 Å². The van der Waals surface area contributed by atoms with Crippen molar-refractivity contribution in [2.75, 3.05) is 5.32 Å². The second kappa shape index (κ2) is 6.75. The van der Waals surface area contributed by atoms with Crippen LogP contribution < -0.4 is 11.1 Å². The molecule has 0 saturated carbocycles. The van der Waals surface area contributed by atoms with Crippen LogP contribution in [0.25, 0.3) is 5.69 Å². The molecule has 2 heterocycles. The van der Waals surface area contributed by atoms with E-state index >= 15 is 0 Å². The van der Waals surface area contributed by atoms with Crippen LogP contribution in [0.4, 0.5) is 5.95 Å². The van der Waals surface area contributed by atoms with Gasteiger partial charge in [-0.1, -0.05) is 22.0 Å². The van der Waals surface area contributed by atoms with Gasteiger partial charge in [0.05, 0.1) is 11.4 Å². The van der Waals surface area contributed by atoms with E-state index in [4.69, 9.17) is 5.73 Å². The van der Waals surface area contributed by atoms with Crippen molar-refractivity contribution in [3.8, 4) is 5.69 Å². The van der Waals surface area contributed by atoms with Gasteiger partial charge in [0, 0.05) is 10.2 Å². The number of halogens is 1. The molecule has 4 N–H and O–H groups in total. The van der Waals surface area contributed by atoms with Crippen molar-refractivity contribution >= 4 is 33.7 Å². The van der Waals surface area contributed by atoms with Crippen LogP contribution in [0.3, 0.4) is 0 Å². The number of carbonyl (C=O) groups excluding carboxylic acids is 2. The van der Waals surface area contributed by atoms with Crippen molar-refractivity contribution in [1.29, 1.82) is 0 Å². The fourth-order valence-electron chi connectivity index (χ4n) is 2.54. The highest BCUT2D eigenvalue weighted by Crippen LogP contribution is 2.23. The number of aryl methyl sites for hydroxylation is 3. The van der Waals surface area contributed by atoms with Gasteiger partial charge in [-0.15, -0.1) is 0 Å². The van der Waals surface area contributed by atoms with Gasteiger partial charge in [-0.05, 0) is 38.5 Å². The Hall–Kier alpha value is -2.94. The first-order valence-electron chi connectivity index (χ1n) is 7.76. The molecule has 0 saturated heterocycles. The molecule has 0 bridgehead atoms. The summed E-state index contributed by atoms with van der Waals surface area (Å²) in [6, 6.07) is 5.61. The van der Waals surface area contributed by atoms with Gasteiger partial charge in [0.2, 0.25) is 5.95 Å². The Bertz CT molecular complexity index is 1000. The lowest BCUT2D eigenvalue weighted by atomic mass is 10.2. The maximum atomic E-state index is 12.9. The first-order valence-corrected chi connectivity index (χ1v) is 8.55. The Morgan fingerprint density at radius 1 is 1.27 bits per heavy atom. The molecule has 2 amide bonds. The number of primary amides is 1. The third-order valence-corrected chi connectivity index (χ3v) is 4.50. The van der Waals surface area contributed by atoms with Gasteiger partial charge in [0.25, 0.3) is 11.8 Å². The fourth-order valence-corrected chi connectivity index (χ4v) is 2.89. The van der Waals surface area contributed by atoms with E-state index in [1.54, 1.807) is 0 Å². The molecule has 134 valence electrons. The van der Waals surface area contributed by atoms with Crippen LogP contribution in [0, 0.1) is 20.8 Å². The van der Waals surface area contributed by atoms with Crippen LogP contribution in [-0.4, -0.2) is 31.3 Å². The van der Waals surface area contributed by atoms with Gasteiger partial charge >= 0.3 is 0 Å². The summed E-state index contributed by atoms with van der Waals surface area (Å²) in [5.74, 6) is -1.03. The van der Waals surface area contributed by atoms with E-state index in [1.165, 1.54) is 10.9 Å². The number of carbonyl (C=O) groups is 2. The Morgan fingerprint density at radius 3 is 2.62 bits per heavy atom. The molecule has 1 aromatic carbocycles. The molecule has 0 spiro atoms. The van der Waals surface area contributed by atoms with Gasteiger partial charge in [0.15, 0.2) is 5.69 Å². The summed E-state index contributed by atoms with van der Waals surface area (Å²) in [6.07, 6.45) is 1.41. The second-order valence-corrected chi connectivity index (χ2v) is 6.77. The number of rotatable bonds is 4. The number of hydrogen-bond acceptors (Lipinski definition) is 4. The summed E-state index contributed by atoms with van der Waals surface area (Å²) in [5.41, 5.74) is 8.56. The lowest BCUT2D eigenvalue weighted by molar-refractivity contribution is 0.0970. The number of nitrogens with one attached hydrogen (secondary N) is 2. The summed E-state index contributed by atoms with van der Waals surface area (Å²) in [5, 5.41) is 2.66. The molecular weight excluding hydrogens is 400 g/mol. The number of aromatic nitrogens is 4. The molecule has 26 heavy (non-hydrogen) atoms. The van der Waals surface area contributed by atoms with Gasteiger partial charge in [-0.2, -0.15) is 0 Å². The van der Waals surface area contributed by atoms with E-state index in [0.717, 1.165) is 21.4 Å². The van der Waals surface area contributed by atoms with Gasteiger partial charge in [-0.25, -0.2) is 9.97 Å². The quantitative estimate of drug-likeness (QED) is 0.605. The van der Waals surface area contributed by atoms with E-state index in [1.807, 2.05) is 39.0 Å². The first-order chi connectivity index (χ1) is 12.3. The number of nitrogens with two attached hydrogens (primary N) is 1. The summed E-state index contributed by atoms with van der Waals surface area (Å²) in [4.78, 5) is 35.9. The minimum absolute atomic E-state index is 0.0467. The highest BCUT2D eigenvalue weighted by molar-refractivity contribution is 9.10. The molecule has 3 aromatic rings. The largest absolute Gasteiger partial charge is 0.364 e. The second-order valence-electron chi connectivity index (χ2n) is 5.86. The van der Waals surface area contributed by atoms with Crippen LogP contribution in [0.1, 0.15) is 37.9 Å². The van der Waals surface area contributed by atoms with Crippen LogP contribution in [0.5, 0.6) is 0 Å². The third kappa shape index (κ3) is 3.25. The maximum absolute atomic E-state index is 12.9. The van der Waals surface area contributed by atoms with Crippen molar-refractivity contribution in [1.82, 2.24) is 19.5 Å². The van der Waals surface area contributed by atoms with E-state index in [0.29, 0.717) is 11.6 Å². The Morgan fingerprint density at radius 2 is 2.00 bits per heavy atom. The predicted octanol–water partition coefficient (Wildman–Crippen LogP) is 2.63. The average molecular weight is 417 g/mol. The van der Waals surface area contributed by atoms with Crippen LogP contribution in [0.15, 0.2) is 29.0 Å². The Kier molecular flexibility index (Phi) is 4.64. The Balaban J connectivity index is 2.09. The zero-order chi connectivity index (χ0) is 19.0. The average Bonchev–Trinajstić information content (AvgIpc) is 3.14. The molecule has 0 fully saturated rings. The molecule has 0 aliphatic carbocycles. The highest BCUT2D eigenvalue weighted by Gasteiger charge is 2.24. The number of aromatic amines is 1. The van der Waals surface area contributed by atoms with Crippen LogP contribution in [-0.2, 0) is 0 Å². The fraction of sp³-hybridized carbons (Fsp3) is 0.176. The topological polar surface area (TPSA) is 119 Å². The molecule has 0 unspecified atom stereocenters. The SMILES string of the molecule is Cc1ccc(Br)cc1-n1cnc(C(N)=O)c1C(=O)Nc1nc(C)c(C)[nH]1. The lowest BCUT2D eigenvalue weighted by Crippen LogP contribution is -2.23. The van der Waals surface area contributed by atoms with Crippen molar-refractivity contribution < 1.29 is 9.59 Å². The van der Waals surface area contributed by atoms with Crippen molar-refractivity contribution in [3.63, 3.8) is 0 Å². The number of hydrogen-bond donors (Lipinski definition) is 3. The molecule has 0 aliphatic heterocycles. The molecule has 3 rings (SSSR count). The first kappa shape index (κ1) is 17.9. The summed E-state index contributed by atoms with van der Waals surface area (Å²) in [6.45, 7) is 5.57. The summed E-state index contributed by atoms with van der Waals surface area (Å²) < 4.78 is 2.37. The number of amides is 2. The number of benzene rings is 1. The lowest BCUT2D eigenvalue weighted by Gasteiger charge is -2.12. The molecule has 0 radical (unpaired) electrons. The number of anilines is 1. The summed E-state index contributed by atoms with van der Waals surface area (Å²) >= 11 is 3.41. The van der Waals surface area contributed by atoms with E-state index < -0.39 is 11.8 Å². The molecular formula is C17H17BrN6O2. The van der Waals surface area contributed by atoms with Crippen LogP contribution in [0.2, 0.25) is 0 Å². The van der Waals surface area contributed by atoms with Crippen molar-refractivity contribution in [3.05, 3.63) is 57.3 Å². The zero-order valence-electron chi connectivity index (χ0n) is 14.4. The van der Waals surface area contributed by atoms with Gasteiger partial charge in [-0.3, -0.25) is 19.5 Å². The zero-order valence-corrected chi connectivity index (χ0v) is 16.0. The number of imidazole rings is 2. The van der Waals surface area contributed by atoms with E-state index in [9.17, 15) is 9.59 Å². The van der Waals surface area contributed by atoms with Gasteiger partial charge < -0.3 is 10.7 Å². The van der Waals surface area contributed by atoms with Crippen molar-refractivity contribution in [2.24, 2.45) is 5.73 Å². The predicted molar refractivity (Wildman–Crippen MR) is 101 cm³/mol.